The Labute approximate surface area is 439 Å². The third-order valence-corrected chi connectivity index (χ3v) is 10.7. The molecular formula is C34H25Cu2N5Na3O15S3+3. The molecule has 20 nitrogen and oxygen atoms in total. The average Bonchev–Trinajstić information content (AvgIpc) is 3.10. The summed E-state index contributed by atoms with van der Waals surface area (Å²) in [5, 5.41) is 77.2. The van der Waals surface area contributed by atoms with Crippen LogP contribution in [-0.2, 0) is 64.5 Å². The topological polar surface area (TPSA) is 346 Å². The van der Waals surface area contributed by atoms with Gasteiger partial charge in [0.05, 0.1) is 21.4 Å². The molecule has 0 fully saturated rings. The summed E-state index contributed by atoms with van der Waals surface area (Å²) in [7, 11) is -15.0. The first-order valence-corrected chi connectivity index (χ1v) is 19.8. The van der Waals surface area contributed by atoms with Crippen molar-refractivity contribution in [1.82, 2.24) is 0 Å². The van der Waals surface area contributed by atoms with Crippen molar-refractivity contribution >= 4 is 86.2 Å². The van der Waals surface area contributed by atoms with Gasteiger partial charge in [-0.1, -0.05) is 24.3 Å². The van der Waals surface area contributed by atoms with Gasteiger partial charge < -0.3 is 30.6 Å². The van der Waals surface area contributed by atoms with Gasteiger partial charge in [-0.3, -0.25) is 13.7 Å². The van der Waals surface area contributed by atoms with Gasteiger partial charge in [0.25, 0.3) is 30.4 Å². The molecular weight excluding hydrogens is 1010 g/mol. The minimum Gasteiger partial charge on any atom is -0.507 e. The molecule has 0 aliphatic carbocycles. The fraction of sp³-hybridized carbons (Fsp3) is 0.0294. The molecule has 0 amide bonds. The average molecular weight is 1040 g/mol. The van der Waals surface area contributed by atoms with Crippen LogP contribution >= 0.6 is 0 Å². The number of aliphatic imine (C=N–C) groups is 1. The molecule has 0 aliphatic rings. The Morgan fingerprint density at radius 1 is 0.516 bits per heavy atom. The smallest absolute Gasteiger partial charge is 0.507 e. The van der Waals surface area contributed by atoms with Crippen LogP contribution in [0.5, 0.6) is 28.7 Å². The molecule has 6 aromatic carbocycles. The number of rotatable bonds is 9. The minimum absolute atomic E-state index is 0. The first kappa shape index (κ1) is 57.3. The summed E-state index contributed by atoms with van der Waals surface area (Å²) < 4.78 is 102. The molecule has 0 heterocycles. The summed E-state index contributed by atoms with van der Waals surface area (Å²) in [6.45, 7) is 1.10. The van der Waals surface area contributed by atoms with E-state index < -0.39 is 96.7 Å². The zero-order valence-electron chi connectivity index (χ0n) is 32.0. The molecule has 6 rings (SSSR count). The van der Waals surface area contributed by atoms with Crippen LogP contribution in [0.1, 0.15) is 6.92 Å². The van der Waals surface area contributed by atoms with E-state index in [2.05, 4.69) is 25.4 Å². The van der Waals surface area contributed by atoms with E-state index in [1.54, 1.807) is 0 Å². The Hall–Kier alpha value is -2.72. The van der Waals surface area contributed by atoms with Gasteiger partial charge in [0, 0.05) is 46.4 Å². The molecule has 0 atom stereocenters. The van der Waals surface area contributed by atoms with Crippen LogP contribution in [0, 0.1) is 0 Å². The second-order valence-electron chi connectivity index (χ2n) is 11.9. The quantitative estimate of drug-likeness (QED) is 0.0258. The number of phenolic OH excluding ortho intramolecular Hbond substituents is 5. The third kappa shape index (κ3) is 12.3. The van der Waals surface area contributed by atoms with E-state index in [0.29, 0.717) is 6.07 Å². The summed E-state index contributed by atoms with van der Waals surface area (Å²) >= 11 is 0. The van der Waals surface area contributed by atoms with Gasteiger partial charge in [-0.2, -0.15) is 25.3 Å². The number of fused-ring (bicyclic) bond motifs is 2. The predicted molar refractivity (Wildman–Crippen MR) is 201 cm³/mol. The first-order chi connectivity index (χ1) is 26.5. The number of azo groups is 2. The normalized spacial score (nSPS) is 12.0. The second kappa shape index (κ2) is 22.0. The van der Waals surface area contributed by atoms with Crippen molar-refractivity contribution in [1.29, 1.82) is 0 Å². The summed E-state index contributed by atoms with van der Waals surface area (Å²) in [5.41, 5.74) is -1.72. The summed E-state index contributed by atoms with van der Waals surface area (Å²) in [5.74, 6) is -3.84. The molecule has 28 heteroatoms. The van der Waals surface area contributed by atoms with Crippen LogP contribution < -0.4 is 88.7 Å². The van der Waals surface area contributed by atoms with E-state index >= 15 is 0 Å². The molecule has 62 heavy (non-hydrogen) atoms. The van der Waals surface area contributed by atoms with Crippen LogP contribution in [0.3, 0.4) is 0 Å². The molecule has 0 saturated heterocycles. The summed E-state index contributed by atoms with van der Waals surface area (Å²) in [4.78, 5) is 1.20. The summed E-state index contributed by atoms with van der Waals surface area (Å²) in [6, 6.07) is 14.4. The molecule has 0 bridgehead atoms. The Morgan fingerprint density at radius 3 is 1.52 bits per heavy atom. The Bertz CT molecular complexity index is 3160. The molecule has 0 spiro atoms. The van der Waals surface area contributed by atoms with Crippen molar-refractivity contribution in [2.75, 3.05) is 0 Å². The monoisotopic (exact) mass is 1030 g/mol. The number of nitrogens with zero attached hydrogens (tertiary/aromatic N) is 5. The standard InChI is InChI=1S/C34H25N5O15S3.2Cu.3Na/c1-15(40)35-23-13-19(55(46,47)48)9-18-12-29(57(52,53)54)32(34(45)30(18)23)39-37-22-8-6-17(11-27(22)43)16-5-7-21(26(42)10-16)36-38-24-14-28(56(49,50)51)20-3-2-4-25(41)31(20)33(24)44;;;;;/h2-14,41-45H,1H3,(H,35,40)(H,46,47,48)(H,49,50,51)(H,52,53,54);;;;;/q;;;3*+1. The Kier molecular flexibility index (Phi) is 20.3. The van der Waals surface area contributed by atoms with Crippen molar-refractivity contribution in [2.45, 2.75) is 21.6 Å². The first-order valence-electron chi connectivity index (χ1n) is 15.5. The van der Waals surface area contributed by atoms with Crippen molar-refractivity contribution in [3.05, 3.63) is 78.9 Å². The number of aliphatic hydroxyl groups excluding tert-OH is 1. The molecule has 0 saturated carbocycles. The third-order valence-electron chi connectivity index (χ3n) is 8.10. The van der Waals surface area contributed by atoms with Crippen molar-refractivity contribution < 1.29 is 192 Å². The van der Waals surface area contributed by atoms with E-state index in [0.717, 1.165) is 25.1 Å². The molecule has 9 N–H and O–H groups in total. The Balaban J connectivity index is 0.00000384. The van der Waals surface area contributed by atoms with Crippen LogP contribution in [0.25, 0.3) is 32.7 Å². The number of hydrogen-bond acceptors (Lipinski definition) is 16. The Morgan fingerprint density at radius 2 is 1.03 bits per heavy atom. The number of phenols is 5. The van der Waals surface area contributed by atoms with Gasteiger partial charge in [0.1, 0.15) is 49.8 Å². The van der Waals surface area contributed by atoms with Crippen molar-refractivity contribution in [3.8, 4) is 39.9 Å². The maximum absolute atomic E-state index is 12.3. The van der Waals surface area contributed by atoms with E-state index in [1.165, 1.54) is 54.6 Å². The van der Waals surface area contributed by atoms with Crippen LogP contribution in [0.4, 0.5) is 28.4 Å². The van der Waals surface area contributed by atoms with Gasteiger partial charge in [0.2, 0.25) is 0 Å². The SMILES string of the molecule is CC(O)=Nc1cc(S(=O)(=O)O)cc2cc(S(=O)(=O)O)c(N=Nc3ccc(-c4ccc(N=Nc5cc(S(=O)(=O)O)c6cccc(O)c6c5O)c(O)c4)cc3O)c(O)c12.[Cu].[Cu].[Na+].[Na+].[Na+]. The van der Waals surface area contributed by atoms with Gasteiger partial charge in [-0.15, -0.1) is 20.5 Å². The zero-order valence-corrected chi connectivity index (χ0v) is 42.4. The van der Waals surface area contributed by atoms with Gasteiger partial charge in [0.15, 0.2) is 17.4 Å². The van der Waals surface area contributed by atoms with Gasteiger partial charge in [-0.05, 0) is 71.1 Å². The van der Waals surface area contributed by atoms with Crippen LogP contribution in [0.15, 0.2) is 119 Å². The zero-order chi connectivity index (χ0) is 41.8. The maximum Gasteiger partial charge on any atom is 1.00 e. The molecule has 6 aromatic rings. The largest absolute Gasteiger partial charge is 1.00 e. The number of hydrogen-bond donors (Lipinski definition) is 9. The van der Waals surface area contributed by atoms with Crippen LogP contribution in [-0.4, -0.2) is 75.4 Å². The van der Waals surface area contributed by atoms with E-state index in [4.69, 9.17) is 0 Å². The van der Waals surface area contributed by atoms with E-state index in [9.17, 15) is 69.6 Å². The number of benzene rings is 6. The fourth-order valence-corrected chi connectivity index (χ4v) is 7.51. The van der Waals surface area contributed by atoms with Crippen LogP contribution in [0.2, 0.25) is 0 Å². The predicted octanol–water partition coefficient (Wildman–Crippen LogP) is -1.63. The number of aromatic hydroxyl groups is 5. The molecule has 0 aromatic heterocycles. The van der Waals surface area contributed by atoms with Gasteiger partial charge >= 0.3 is 88.7 Å². The summed E-state index contributed by atoms with van der Waals surface area (Å²) in [6.07, 6.45) is 0. The van der Waals surface area contributed by atoms with Gasteiger partial charge in [-0.25, -0.2) is 4.99 Å². The number of aliphatic hydroxyl groups is 1. The minimum atomic E-state index is -5.21. The molecule has 2 radical (unpaired) electrons. The molecule has 0 aliphatic heterocycles. The molecule has 316 valence electrons. The molecule has 0 unspecified atom stereocenters. The second-order valence-corrected chi connectivity index (χ2v) is 16.1. The maximum atomic E-state index is 12.3. The van der Waals surface area contributed by atoms with E-state index in [1.807, 2.05) is 0 Å². The van der Waals surface area contributed by atoms with Crippen molar-refractivity contribution in [2.24, 2.45) is 25.4 Å². The van der Waals surface area contributed by atoms with E-state index in [-0.39, 0.29) is 167 Å². The van der Waals surface area contributed by atoms with Crippen molar-refractivity contribution in [3.63, 3.8) is 0 Å². The fourth-order valence-electron chi connectivity index (χ4n) is 5.61.